The molecule has 0 radical (unpaired) electrons. The molecule has 160 valence electrons. The van der Waals surface area contributed by atoms with Gasteiger partial charge in [-0.15, -0.1) is 11.3 Å². The summed E-state index contributed by atoms with van der Waals surface area (Å²) in [7, 11) is 1.57. The first kappa shape index (κ1) is 23.2. The van der Waals surface area contributed by atoms with E-state index < -0.39 is 5.97 Å². The van der Waals surface area contributed by atoms with Gasteiger partial charge in [-0.1, -0.05) is 44.0 Å². The Morgan fingerprint density at radius 2 is 1.81 bits per heavy atom. The van der Waals surface area contributed by atoms with Crippen molar-refractivity contribution in [2.75, 3.05) is 19.0 Å². The molecular formula is C23H19Br2NO4S. The minimum absolute atomic E-state index is 0.241. The lowest BCUT2D eigenvalue weighted by Crippen LogP contribution is -2.12. The van der Waals surface area contributed by atoms with Gasteiger partial charge in [0.2, 0.25) is 5.91 Å². The van der Waals surface area contributed by atoms with Crippen molar-refractivity contribution in [3.8, 4) is 16.9 Å². The number of carbonyl (C=O) groups is 2. The zero-order chi connectivity index (χ0) is 22.4. The predicted molar refractivity (Wildman–Crippen MR) is 132 cm³/mol. The van der Waals surface area contributed by atoms with Crippen LogP contribution in [0.2, 0.25) is 0 Å². The molecule has 0 saturated heterocycles. The summed E-state index contributed by atoms with van der Waals surface area (Å²) in [5.74, 6) is -0.195. The number of benzene rings is 2. The summed E-state index contributed by atoms with van der Waals surface area (Å²) >= 11 is 8.11. The third-order valence-corrected chi connectivity index (χ3v) is 6.19. The third kappa shape index (κ3) is 5.84. The molecule has 0 spiro atoms. The number of nitrogens with one attached hydrogen (secondary N) is 1. The molecule has 0 unspecified atom stereocenters. The summed E-state index contributed by atoms with van der Waals surface area (Å²) in [5.41, 5.74) is 2.66. The molecule has 1 amide bonds. The predicted octanol–water partition coefficient (Wildman–Crippen LogP) is 6.78. The van der Waals surface area contributed by atoms with Crippen LogP contribution in [0.5, 0.6) is 5.75 Å². The Balaban J connectivity index is 1.88. The molecule has 8 heteroatoms. The summed E-state index contributed by atoms with van der Waals surface area (Å²) in [4.78, 5) is 25.2. The van der Waals surface area contributed by atoms with E-state index in [1.165, 1.54) is 17.4 Å². The van der Waals surface area contributed by atoms with E-state index in [0.29, 0.717) is 21.9 Å². The van der Waals surface area contributed by atoms with Gasteiger partial charge in [0.15, 0.2) is 0 Å². The lowest BCUT2D eigenvalue weighted by molar-refractivity contribution is -0.111. The minimum atomic E-state index is -0.477. The topological polar surface area (TPSA) is 64.6 Å². The number of rotatable bonds is 7. The van der Waals surface area contributed by atoms with E-state index in [1.807, 2.05) is 47.8 Å². The number of amides is 1. The summed E-state index contributed by atoms with van der Waals surface area (Å²) < 4.78 is 12.4. The summed E-state index contributed by atoms with van der Waals surface area (Å²) in [6.45, 7) is 1.99. The van der Waals surface area contributed by atoms with Crippen LogP contribution in [0, 0.1) is 0 Å². The van der Waals surface area contributed by atoms with Gasteiger partial charge in [0, 0.05) is 31.5 Å². The van der Waals surface area contributed by atoms with Crippen LogP contribution in [0.4, 0.5) is 5.00 Å². The molecule has 0 aliphatic carbocycles. The number of hydrogen-bond acceptors (Lipinski definition) is 5. The van der Waals surface area contributed by atoms with Gasteiger partial charge in [-0.3, -0.25) is 4.79 Å². The lowest BCUT2D eigenvalue weighted by Gasteiger charge is -2.08. The number of methoxy groups -OCH3 is 1. The number of anilines is 1. The fourth-order valence-corrected chi connectivity index (χ4v) is 4.46. The average molecular weight is 565 g/mol. The number of carbonyl (C=O) groups excluding carboxylic acids is 2. The maximum atomic E-state index is 12.7. The maximum absolute atomic E-state index is 12.7. The van der Waals surface area contributed by atoms with Crippen LogP contribution in [0.3, 0.4) is 0 Å². The molecule has 31 heavy (non-hydrogen) atoms. The Labute approximate surface area is 201 Å². The fourth-order valence-electron chi connectivity index (χ4n) is 2.85. The third-order valence-electron chi connectivity index (χ3n) is 4.27. The van der Waals surface area contributed by atoms with Crippen molar-refractivity contribution in [2.24, 2.45) is 0 Å². The van der Waals surface area contributed by atoms with E-state index in [9.17, 15) is 9.59 Å². The Hall–Kier alpha value is -2.42. The highest BCUT2D eigenvalue weighted by molar-refractivity contribution is 9.10. The van der Waals surface area contributed by atoms with Gasteiger partial charge in [-0.25, -0.2) is 4.79 Å². The molecule has 0 fully saturated rings. The number of hydrogen-bond donors (Lipinski definition) is 1. The van der Waals surface area contributed by atoms with Crippen molar-refractivity contribution in [1.82, 2.24) is 0 Å². The van der Waals surface area contributed by atoms with Crippen LogP contribution < -0.4 is 10.1 Å². The van der Waals surface area contributed by atoms with Crippen molar-refractivity contribution in [3.05, 3.63) is 74.0 Å². The number of thiophene rings is 1. The molecular weight excluding hydrogens is 546 g/mol. The molecule has 2 aromatic carbocycles. The second-order valence-electron chi connectivity index (χ2n) is 6.29. The van der Waals surface area contributed by atoms with E-state index in [1.54, 1.807) is 20.1 Å². The smallest absolute Gasteiger partial charge is 0.341 e. The van der Waals surface area contributed by atoms with Crippen molar-refractivity contribution in [3.63, 3.8) is 0 Å². The fraction of sp³-hybridized carbons (Fsp3) is 0.130. The monoisotopic (exact) mass is 563 g/mol. The van der Waals surface area contributed by atoms with Crippen LogP contribution in [-0.4, -0.2) is 25.6 Å². The summed E-state index contributed by atoms with van der Waals surface area (Å²) in [5, 5.41) is 5.08. The number of esters is 1. The van der Waals surface area contributed by atoms with Gasteiger partial charge in [0.05, 0.1) is 13.7 Å². The van der Waals surface area contributed by atoms with Crippen LogP contribution in [0.1, 0.15) is 22.8 Å². The largest absolute Gasteiger partial charge is 0.496 e. The van der Waals surface area contributed by atoms with E-state index in [4.69, 9.17) is 9.47 Å². The minimum Gasteiger partial charge on any atom is -0.496 e. The van der Waals surface area contributed by atoms with E-state index in [0.717, 1.165) is 20.1 Å². The Morgan fingerprint density at radius 3 is 2.48 bits per heavy atom. The summed E-state index contributed by atoms with van der Waals surface area (Å²) in [6, 6.07) is 13.1. The Bertz CT molecular complexity index is 1120. The molecule has 1 N–H and O–H groups in total. The van der Waals surface area contributed by atoms with E-state index in [2.05, 4.69) is 37.2 Å². The van der Waals surface area contributed by atoms with Crippen LogP contribution in [0.25, 0.3) is 17.2 Å². The van der Waals surface area contributed by atoms with Crippen LogP contribution >= 0.6 is 43.2 Å². The van der Waals surface area contributed by atoms with Crippen LogP contribution in [0.15, 0.2) is 62.9 Å². The van der Waals surface area contributed by atoms with Gasteiger partial charge in [0.1, 0.15) is 16.3 Å². The highest BCUT2D eigenvalue weighted by Gasteiger charge is 2.22. The van der Waals surface area contributed by atoms with Crippen molar-refractivity contribution < 1.29 is 19.1 Å². The standard InChI is InChI=1S/C23H19Br2NO4S/c1-3-30-23(28)21-18(14-4-7-16(24)8-5-14)13-31-22(21)26-20(27)11-6-15-12-17(25)9-10-19(15)29-2/h4-13H,3H2,1-2H3,(H,26,27)/b11-6+. The van der Waals surface area contributed by atoms with Gasteiger partial charge in [-0.05, 0) is 48.9 Å². The second kappa shape index (κ2) is 10.7. The second-order valence-corrected chi connectivity index (χ2v) is 9.00. The summed E-state index contributed by atoms with van der Waals surface area (Å²) in [6.07, 6.45) is 3.06. The highest BCUT2D eigenvalue weighted by atomic mass is 79.9. The molecule has 3 rings (SSSR count). The molecule has 0 bridgehead atoms. The normalized spacial score (nSPS) is 10.8. The molecule has 5 nitrogen and oxygen atoms in total. The quantitative estimate of drug-likeness (QED) is 0.254. The molecule has 0 saturated carbocycles. The Morgan fingerprint density at radius 1 is 1.10 bits per heavy atom. The first-order valence-corrected chi connectivity index (χ1v) is 11.8. The molecule has 0 aliphatic heterocycles. The number of halogens is 2. The first-order chi connectivity index (χ1) is 14.9. The van der Waals surface area contributed by atoms with Gasteiger partial charge in [-0.2, -0.15) is 0 Å². The van der Waals surface area contributed by atoms with Gasteiger partial charge >= 0.3 is 5.97 Å². The van der Waals surface area contributed by atoms with Crippen molar-refractivity contribution >= 4 is 66.2 Å². The van der Waals surface area contributed by atoms with E-state index in [-0.39, 0.29) is 12.5 Å². The van der Waals surface area contributed by atoms with Gasteiger partial charge in [0.25, 0.3) is 0 Å². The van der Waals surface area contributed by atoms with Crippen LogP contribution in [-0.2, 0) is 9.53 Å². The number of ether oxygens (including phenoxy) is 2. The zero-order valence-electron chi connectivity index (χ0n) is 16.8. The van der Waals surface area contributed by atoms with E-state index >= 15 is 0 Å². The zero-order valence-corrected chi connectivity index (χ0v) is 20.8. The molecule has 3 aromatic rings. The van der Waals surface area contributed by atoms with Gasteiger partial charge < -0.3 is 14.8 Å². The first-order valence-electron chi connectivity index (χ1n) is 9.30. The Kier molecular flexibility index (Phi) is 8.06. The average Bonchev–Trinajstić information content (AvgIpc) is 3.16. The molecule has 1 heterocycles. The molecule has 0 atom stereocenters. The molecule has 0 aliphatic rings. The van der Waals surface area contributed by atoms with Crippen molar-refractivity contribution in [2.45, 2.75) is 6.92 Å². The maximum Gasteiger partial charge on any atom is 0.341 e. The SMILES string of the molecule is CCOC(=O)c1c(-c2ccc(Br)cc2)csc1NC(=O)/C=C/c1cc(Br)ccc1OC. The highest BCUT2D eigenvalue weighted by Crippen LogP contribution is 2.36. The molecule has 1 aromatic heterocycles. The van der Waals surface area contributed by atoms with Crippen molar-refractivity contribution in [1.29, 1.82) is 0 Å². The lowest BCUT2D eigenvalue weighted by atomic mass is 10.0.